The van der Waals surface area contributed by atoms with Crippen LogP contribution in [-0.2, 0) is 26.2 Å². The lowest BCUT2D eigenvalue weighted by Gasteiger charge is -2.34. The summed E-state index contributed by atoms with van der Waals surface area (Å²) in [5.41, 5.74) is 2.80. The molecular formula is C30H36ClN3O4S. The minimum atomic E-state index is -4.12. The molecule has 3 aromatic rings. The first-order valence-corrected chi connectivity index (χ1v) is 14.9. The third-order valence-corrected chi connectivity index (χ3v) is 8.58. The Morgan fingerprint density at radius 1 is 0.923 bits per heavy atom. The van der Waals surface area contributed by atoms with E-state index in [9.17, 15) is 18.0 Å². The minimum absolute atomic E-state index is 0.0605. The molecule has 0 fully saturated rings. The van der Waals surface area contributed by atoms with Gasteiger partial charge in [-0.3, -0.25) is 13.9 Å². The smallest absolute Gasteiger partial charge is 0.264 e. The predicted octanol–water partition coefficient (Wildman–Crippen LogP) is 5.49. The molecule has 0 saturated heterocycles. The van der Waals surface area contributed by atoms with Crippen LogP contribution in [0.15, 0.2) is 77.7 Å². The summed E-state index contributed by atoms with van der Waals surface area (Å²) in [4.78, 5) is 28.8. The highest BCUT2D eigenvalue weighted by Crippen LogP contribution is 2.29. The second kappa shape index (κ2) is 13.6. The molecule has 7 nitrogen and oxygen atoms in total. The summed E-state index contributed by atoms with van der Waals surface area (Å²) < 4.78 is 28.9. The highest BCUT2D eigenvalue weighted by Gasteiger charge is 2.34. The number of aryl methyl sites for hydroxylation is 2. The topological polar surface area (TPSA) is 86.8 Å². The van der Waals surface area contributed by atoms with Crippen LogP contribution in [0.1, 0.15) is 43.4 Å². The summed E-state index contributed by atoms with van der Waals surface area (Å²) in [7, 11) is -4.12. The summed E-state index contributed by atoms with van der Waals surface area (Å²) in [6, 6.07) is 19.7. The zero-order chi connectivity index (χ0) is 28.6. The Balaban J connectivity index is 2.08. The standard InChI is InChI=1S/C30H36ClN3O4S/c1-5-18-32-30(36)27(6-2)33(20-24-13-11-10-12-22(24)3)29(35)21-34(28-17-16-25(31)19-23(28)4)39(37,38)26-14-8-7-9-15-26/h7-17,19,27H,5-6,18,20-21H2,1-4H3,(H,32,36)/t27-/m1/s1. The van der Waals surface area contributed by atoms with Gasteiger partial charge in [0.25, 0.3) is 10.0 Å². The average molecular weight is 570 g/mol. The zero-order valence-electron chi connectivity index (χ0n) is 22.9. The van der Waals surface area contributed by atoms with Crippen LogP contribution in [0.25, 0.3) is 0 Å². The lowest BCUT2D eigenvalue weighted by molar-refractivity contribution is -0.140. The van der Waals surface area contributed by atoms with E-state index in [2.05, 4.69) is 5.32 Å². The Morgan fingerprint density at radius 2 is 1.59 bits per heavy atom. The van der Waals surface area contributed by atoms with Crippen LogP contribution in [0.3, 0.4) is 0 Å². The fraction of sp³-hybridized carbons (Fsp3) is 0.333. The highest BCUT2D eigenvalue weighted by molar-refractivity contribution is 7.92. The van der Waals surface area contributed by atoms with Gasteiger partial charge in [0.05, 0.1) is 10.6 Å². The molecule has 0 aliphatic rings. The van der Waals surface area contributed by atoms with Crippen molar-refractivity contribution in [1.82, 2.24) is 10.2 Å². The molecule has 3 aromatic carbocycles. The highest BCUT2D eigenvalue weighted by atomic mass is 35.5. The fourth-order valence-corrected chi connectivity index (χ4v) is 6.11. The Bertz CT molecular complexity index is 1400. The molecule has 3 rings (SSSR count). The molecule has 208 valence electrons. The number of hydrogen-bond acceptors (Lipinski definition) is 4. The van der Waals surface area contributed by atoms with E-state index >= 15 is 0 Å². The molecule has 0 heterocycles. The maximum atomic E-state index is 14.1. The number of carbonyl (C=O) groups excluding carboxylic acids is 2. The summed E-state index contributed by atoms with van der Waals surface area (Å²) >= 11 is 6.16. The maximum Gasteiger partial charge on any atom is 0.264 e. The summed E-state index contributed by atoms with van der Waals surface area (Å²) in [6.45, 7) is 7.66. The molecule has 1 atom stereocenters. The normalized spacial score (nSPS) is 12.0. The van der Waals surface area contributed by atoms with Gasteiger partial charge in [-0.15, -0.1) is 0 Å². The molecule has 2 amide bonds. The van der Waals surface area contributed by atoms with Crippen LogP contribution in [0.2, 0.25) is 5.02 Å². The number of nitrogens with zero attached hydrogens (tertiary/aromatic N) is 2. The van der Waals surface area contributed by atoms with E-state index in [0.717, 1.165) is 21.9 Å². The van der Waals surface area contributed by atoms with Crippen LogP contribution in [0, 0.1) is 13.8 Å². The molecule has 0 aromatic heterocycles. The van der Waals surface area contributed by atoms with Crippen LogP contribution in [0.4, 0.5) is 5.69 Å². The first-order valence-electron chi connectivity index (χ1n) is 13.1. The van der Waals surface area contributed by atoms with Crippen LogP contribution >= 0.6 is 11.6 Å². The van der Waals surface area contributed by atoms with Crippen molar-refractivity contribution in [1.29, 1.82) is 0 Å². The van der Waals surface area contributed by atoms with E-state index in [4.69, 9.17) is 11.6 Å². The molecule has 39 heavy (non-hydrogen) atoms. The van der Waals surface area contributed by atoms with Crippen molar-refractivity contribution in [2.24, 2.45) is 0 Å². The number of nitrogens with one attached hydrogen (secondary N) is 1. The molecule has 0 aliphatic carbocycles. The van der Waals surface area contributed by atoms with Gasteiger partial charge >= 0.3 is 0 Å². The average Bonchev–Trinajstić information content (AvgIpc) is 2.92. The van der Waals surface area contributed by atoms with Crippen molar-refractivity contribution in [3.05, 3.63) is 94.5 Å². The van der Waals surface area contributed by atoms with Gasteiger partial charge in [-0.2, -0.15) is 0 Å². The fourth-order valence-electron chi connectivity index (χ4n) is 4.39. The lowest BCUT2D eigenvalue weighted by Crippen LogP contribution is -2.52. The number of benzene rings is 3. The predicted molar refractivity (Wildman–Crippen MR) is 156 cm³/mol. The van der Waals surface area contributed by atoms with Gasteiger partial charge in [0.2, 0.25) is 11.8 Å². The van der Waals surface area contributed by atoms with Crippen LogP contribution in [-0.4, -0.2) is 44.3 Å². The maximum absolute atomic E-state index is 14.1. The second-order valence-electron chi connectivity index (χ2n) is 9.42. The first kappa shape index (κ1) is 30.2. The van der Waals surface area contributed by atoms with Crippen LogP contribution in [0.5, 0.6) is 0 Å². The SMILES string of the molecule is CCCNC(=O)[C@@H](CC)N(Cc1ccccc1C)C(=O)CN(c1ccc(Cl)cc1C)S(=O)(=O)c1ccccc1. The molecule has 0 aliphatic heterocycles. The van der Waals surface area contributed by atoms with Gasteiger partial charge in [-0.1, -0.05) is 67.9 Å². The lowest BCUT2D eigenvalue weighted by atomic mass is 10.1. The molecule has 1 N–H and O–H groups in total. The van der Waals surface area contributed by atoms with E-state index in [1.54, 1.807) is 43.3 Å². The van der Waals surface area contributed by atoms with Crippen LogP contribution < -0.4 is 9.62 Å². The number of anilines is 1. The number of rotatable bonds is 12. The van der Waals surface area contributed by atoms with Gasteiger partial charge in [0.1, 0.15) is 12.6 Å². The van der Waals surface area contributed by atoms with E-state index < -0.39 is 28.5 Å². The summed E-state index contributed by atoms with van der Waals surface area (Å²) in [5, 5.41) is 3.35. The molecule has 0 unspecified atom stereocenters. The number of halogens is 1. The van der Waals surface area contributed by atoms with Gasteiger partial charge in [-0.25, -0.2) is 8.42 Å². The molecule has 0 spiro atoms. The summed E-state index contributed by atoms with van der Waals surface area (Å²) in [5.74, 6) is -0.743. The molecule has 0 bridgehead atoms. The third-order valence-electron chi connectivity index (χ3n) is 6.57. The molecule has 0 saturated carbocycles. The van der Waals surface area contributed by atoms with E-state index in [-0.39, 0.29) is 17.3 Å². The van der Waals surface area contributed by atoms with E-state index in [1.807, 2.05) is 45.0 Å². The Hall–Kier alpha value is -3.36. The number of sulfonamides is 1. The van der Waals surface area contributed by atoms with Crippen molar-refractivity contribution >= 4 is 39.1 Å². The van der Waals surface area contributed by atoms with Gasteiger partial charge in [0, 0.05) is 18.1 Å². The van der Waals surface area contributed by atoms with Crippen molar-refractivity contribution in [2.75, 3.05) is 17.4 Å². The van der Waals surface area contributed by atoms with Gasteiger partial charge in [0.15, 0.2) is 0 Å². The van der Waals surface area contributed by atoms with Crippen molar-refractivity contribution < 1.29 is 18.0 Å². The molecule has 9 heteroatoms. The third kappa shape index (κ3) is 7.40. The zero-order valence-corrected chi connectivity index (χ0v) is 24.4. The number of amides is 2. The summed E-state index contributed by atoms with van der Waals surface area (Å²) in [6.07, 6.45) is 1.13. The number of hydrogen-bond donors (Lipinski definition) is 1. The quantitative estimate of drug-likeness (QED) is 0.313. The monoisotopic (exact) mass is 569 g/mol. The van der Waals surface area contributed by atoms with Crippen molar-refractivity contribution in [3.8, 4) is 0 Å². The molecule has 0 radical (unpaired) electrons. The molecular weight excluding hydrogens is 534 g/mol. The van der Waals surface area contributed by atoms with Crippen molar-refractivity contribution in [2.45, 2.75) is 58.0 Å². The Labute approximate surface area is 236 Å². The minimum Gasteiger partial charge on any atom is -0.354 e. The van der Waals surface area contributed by atoms with Gasteiger partial charge < -0.3 is 10.2 Å². The van der Waals surface area contributed by atoms with E-state index in [1.165, 1.54) is 17.0 Å². The Morgan fingerprint density at radius 3 is 2.21 bits per heavy atom. The largest absolute Gasteiger partial charge is 0.354 e. The number of carbonyl (C=O) groups is 2. The second-order valence-corrected chi connectivity index (χ2v) is 11.7. The van der Waals surface area contributed by atoms with Crippen molar-refractivity contribution in [3.63, 3.8) is 0 Å². The van der Waals surface area contributed by atoms with E-state index in [0.29, 0.717) is 29.2 Å². The Kier molecular flexibility index (Phi) is 10.5. The first-order chi connectivity index (χ1) is 18.6. The van der Waals surface area contributed by atoms with Gasteiger partial charge in [-0.05, 0) is 73.7 Å².